The van der Waals surface area contributed by atoms with Crippen LogP contribution in [0.3, 0.4) is 0 Å². The fraction of sp³-hybridized carbons (Fsp3) is 0.889. The average Bonchev–Trinajstić information content (AvgIpc) is 2.11. The molecule has 0 aliphatic heterocycles. The van der Waals surface area contributed by atoms with Crippen LogP contribution in [0.15, 0.2) is 0 Å². The number of nitrogens with two attached hydrogens (primary N) is 1. The van der Waals surface area contributed by atoms with E-state index in [-0.39, 0.29) is 5.92 Å². The van der Waals surface area contributed by atoms with Gasteiger partial charge < -0.3 is 10.6 Å². The molecule has 3 nitrogen and oxygen atoms in total. The summed E-state index contributed by atoms with van der Waals surface area (Å²) in [5.41, 5.74) is 5.40. The van der Waals surface area contributed by atoms with Crippen molar-refractivity contribution in [3.63, 3.8) is 0 Å². The molecule has 0 aromatic carbocycles. The summed E-state index contributed by atoms with van der Waals surface area (Å²) in [5, 5.41) is 8.60. The monoisotopic (exact) mass is 169 g/mol. The molecular weight excluding hydrogens is 150 g/mol. The normalized spacial score (nSPS) is 12.9. The smallest absolute Gasteiger partial charge is 0.0666 e. The first kappa shape index (κ1) is 11.4. The highest BCUT2D eigenvalue weighted by atomic mass is 15.1. The number of nitriles is 1. The second-order valence-corrected chi connectivity index (χ2v) is 3.07. The molecule has 0 aromatic heterocycles. The van der Waals surface area contributed by atoms with Crippen molar-refractivity contribution in [3.8, 4) is 6.07 Å². The molecule has 0 radical (unpaired) electrons. The standard InChI is InChI=1S/C9H19N3/c1-3-12(6-4-5-10)8-9(2)7-11/h9H,3-6,8,10H2,1-2H3. The highest BCUT2D eigenvalue weighted by Gasteiger charge is 2.06. The van der Waals surface area contributed by atoms with E-state index in [4.69, 9.17) is 11.0 Å². The quantitative estimate of drug-likeness (QED) is 0.640. The summed E-state index contributed by atoms with van der Waals surface area (Å²) in [5.74, 6) is 0.128. The van der Waals surface area contributed by atoms with E-state index >= 15 is 0 Å². The molecule has 0 aliphatic rings. The van der Waals surface area contributed by atoms with E-state index in [2.05, 4.69) is 17.9 Å². The summed E-state index contributed by atoms with van der Waals surface area (Å²) in [4.78, 5) is 2.26. The summed E-state index contributed by atoms with van der Waals surface area (Å²) in [6.45, 7) is 7.68. The fourth-order valence-corrected chi connectivity index (χ4v) is 1.12. The molecule has 0 aromatic rings. The highest BCUT2D eigenvalue weighted by Crippen LogP contribution is 1.98. The van der Waals surface area contributed by atoms with E-state index in [1.165, 1.54) is 0 Å². The Kier molecular flexibility index (Phi) is 6.73. The Morgan fingerprint density at radius 1 is 1.58 bits per heavy atom. The maximum Gasteiger partial charge on any atom is 0.0666 e. The topological polar surface area (TPSA) is 53.0 Å². The molecule has 0 rings (SSSR count). The van der Waals surface area contributed by atoms with Crippen molar-refractivity contribution >= 4 is 0 Å². The number of nitrogens with zero attached hydrogens (tertiary/aromatic N) is 2. The maximum atomic E-state index is 8.60. The molecule has 0 spiro atoms. The fourth-order valence-electron chi connectivity index (χ4n) is 1.12. The average molecular weight is 169 g/mol. The van der Waals surface area contributed by atoms with E-state index in [0.29, 0.717) is 0 Å². The summed E-state index contributed by atoms with van der Waals surface area (Å²) >= 11 is 0. The Bertz CT molecular complexity index is 139. The lowest BCUT2D eigenvalue weighted by Crippen LogP contribution is -2.30. The van der Waals surface area contributed by atoms with Crippen LogP contribution in [0.1, 0.15) is 20.3 Å². The Morgan fingerprint density at radius 2 is 2.25 bits per heavy atom. The van der Waals surface area contributed by atoms with Gasteiger partial charge in [0.2, 0.25) is 0 Å². The zero-order valence-electron chi connectivity index (χ0n) is 8.08. The van der Waals surface area contributed by atoms with Crippen LogP contribution >= 0.6 is 0 Å². The second kappa shape index (κ2) is 7.08. The highest BCUT2D eigenvalue weighted by molar-refractivity contribution is 4.81. The first-order chi connectivity index (χ1) is 5.74. The number of hydrogen-bond donors (Lipinski definition) is 1. The van der Waals surface area contributed by atoms with Gasteiger partial charge in [-0.1, -0.05) is 6.92 Å². The SMILES string of the molecule is CCN(CCCN)CC(C)C#N. The lowest BCUT2D eigenvalue weighted by molar-refractivity contribution is 0.267. The minimum absolute atomic E-state index is 0.128. The molecule has 1 unspecified atom stereocenters. The largest absolute Gasteiger partial charge is 0.330 e. The Morgan fingerprint density at radius 3 is 2.67 bits per heavy atom. The van der Waals surface area contributed by atoms with Gasteiger partial charge in [0.1, 0.15) is 0 Å². The van der Waals surface area contributed by atoms with Gasteiger partial charge >= 0.3 is 0 Å². The van der Waals surface area contributed by atoms with Crippen molar-refractivity contribution in [2.45, 2.75) is 20.3 Å². The van der Waals surface area contributed by atoms with Crippen molar-refractivity contribution in [2.24, 2.45) is 11.7 Å². The Labute approximate surface area is 75.2 Å². The van der Waals surface area contributed by atoms with Crippen LogP contribution in [0.5, 0.6) is 0 Å². The van der Waals surface area contributed by atoms with E-state index in [1.54, 1.807) is 0 Å². The van der Waals surface area contributed by atoms with Crippen LogP contribution in [0.4, 0.5) is 0 Å². The molecule has 0 saturated carbocycles. The third-order valence-corrected chi connectivity index (χ3v) is 1.88. The van der Waals surface area contributed by atoms with Crippen LogP contribution in [-0.4, -0.2) is 31.1 Å². The lowest BCUT2D eigenvalue weighted by atomic mass is 10.2. The molecule has 1 atom stereocenters. The molecular formula is C9H19N3. The summed E-state index contributed by atoms with van der Waals surface area (Å²) in [6, 6.07) is 2.23. The Balaban J connectivity index is 3.60. The predicted octanol–water partition coefficient (Wildman–Crippen LogP) is 0.817. The van der Waals surface area contributed by atoms with E-state index in [0.717, 1.165) is 32.6 Å². The van der Waals surface area contributed by atoms with Gasteiger partial charge in [0.25, 0.3) is 0 Å². The summed E-state index contributed by atoms with van der Waals surface area (Å²) in [7, 11) is 0. The van der Waals surface area contributed by atoms with Gasteiger partial charge in [0, 0.05) is 6.54 Å². The van der Waals surface area contributed by atoms with Crippen LogP contribution < -0.4 is 5.73 Å². The molecule has 0 aliphatic carbocycles. The third kappa shape index (κ3) is 5.11. The minimum atomic E-state index is 0.128. The van der Waals surface area contributed by atoms with Gasteiger partial charge in [-0.15, -0.1) is 0 Å². The minimum Gasteiger partial charge on any atom is -0.330 e. The number of rotatable bonds is 6. The van der Waals surface area contributed by atoms with Crippen molar-refractivity contribution in [3.05, 3.63) is 0 Å². The molecule has 12 heavy (non-hydrogen) atoms. The first-order valence-corrected chi connectivity index (χ1v) is 4.56. The van der Waals surface area contributed by atoms with Crippen LogP contribution in [-0.2, 0) is 0 Å². The van der Waals surface area contributed by atoms with Gasteiger partial charge in [0.15, 0.2) is 0 Å². The van der Waals surface area contributed by atoms with Gasteiger partial charge in [-0.05, 0) is 33.0 Å². The van der Waals surface area contributed by atoms with Crippen LogP contribution in [0.2, 0.25) is 0 Å². The summed E-state index contributed by atoms with van der Waals surface area (Å²) < 4.78 is 0. The molecule has 2 N–H and O–H groups in total. The molecule has 70 valence electrons. The van der Waals surface area contributed by atoms with Crippen molar-refractivity contribution in [2.75, 3.05) is 26.2 Å². The number of hydrogen-bond acceptors (Lipinski definition) is 3. The van der Waals surface area contributed by atoms with Crippen LogP contribution in [0.25, 0.3) is 0 Å². The van der Waals surface area contributed by atoms with Crippen LogP contribution in [0, 0.1) is 17.2 Å². The second-order valence-electron chi connectivity index (χ2n) is 3.07. The van der Waals surface area contributed by atoms with E-state index in [9.17, 15) is 0 Å². The summed E-state index contributed by atoms with van der Waals surface area (Å²) in [6.07, 6.45) is 1.02. The molecule has 0 bridgehead atoms. The van der Waals surface area contributed by atoms with E-state index in [1.807, 2.05) is 6.92 Å². The predicted molar refractivity (Wildman–Crippen MR) is 50.6 cm³/mol. The van der Waals surface area contributed by atoms with Crippen molar-refractivity contribution in [1.82, 2.24) is 4.90 Å². The van der Waals surface area contributed by atoms with Crippen molar-refractivity contribution < 1.29 is 0 Å². The first-order valence-electron chi connectivity index (χ1n) is 4.56. The van der Waals surface area contributed by atoms with Gasteiger partial charge in [-0.25, -0.2) is 0 Å². The maximum absolute atomic E-state index is 8.60. The molecule has 0 heterocycles. The molecule has 0 saturated heterocycles. The van der Waals surface area contributed by atoms with Gasteiger partial charge in [-0.3, -0.25) is 0 Å². The third-order valence-electron chi connectivity index (χ3n) is 1.88. The molecule has 0 amide bonds. The lowest BCUT2D eigenvalue weighted by Gasteiger charge is -2.20. The van der Waals surface area contributed by atoms with Gasteiger partial charge in [-0.2, -0.15) is 5.26 Å². The Hall–Kier alpha value is -0.590. The zero-order chi connectivity index (χ0) is 9.40. The molecule has 3 heteroatoms. The van der Waals surface area contributed by atoms with E-state index < -0.39 is 0 Å². The van der Waals surface area contributed by atoms with Gasteiger partial charge in [0.05, 0.1) is 12.0 Å². The van der Waals surface area contributed by atoms with Crippen molar-refractivity contribution in [1.29, 1.82) is 5.26 Å². The zero-order valence-corrected chi connectivity index (χ0v) is 8.08. The molecule has 0 fully saturated rings.